The second kappa shape index (κ2) is 11.7. The van der Waals surface area contributed by atoms with Crippen LogP contribution in [0.4, 0.5) is 0 Å². The lowest BCUT2D eigenvalue weighted by molar-refractivity contribution is -0.304. The zero-order chi connectivity index (χ0) is 25.0. The summed E-state index contributed by atoms with van der Waals surface area (Å²) in [6.07, 6.45) is -12.1. The van der Waals surface area contributed by atoms with E-state index in [2.05, 4.69) is 5.32 Å². The number of hydrogen-bond donors (Lipinski definition) is 8. The molecule has 3 rings (SSSR count). The molecule has 1 aromatic rings. The zero-order valence-electron chi connectivity index (χ0n) is 18.4. The molecule has 5 unspecified atom stereocenters. The van der Waals surface area contributed by atoms with Gasteiger partial charge in [0, 0.05) is 6.92 Å². The summed E-state index contributed by atoms with van der Waals surface area (Å²) in [5, 5.41) is 71.2. The highest BCUT2D eigenvalue weighted by atomic mass is 16.7. The SMILES string of the molecule is CC(=O)N[C@H]1C(O)[C@H](O)C(CO)O[C@H]1Oc1ccc(COC2OC(CO)[C@@H](O)[C@H](O)C2O)cc1. The van der Waals surface area contributed by atoms with Gasteiger partial charge in [-0.1, -0.05) is 12.1 Å². The Hall–Kier alpha value is -1.91. The van der Waals surface area contributed by atoms with Crippen LogP contribution in [0.1, 0.15) is 12.5 Å². The summed E-state index contributed by atoms with van der Waals surface area (Å²) in [5.74, 6) is -0.186. The minimum Gasteiger partial charge on any atom is -0.463 e. The number of aliphatic hydroxyl groups is 7. The van der Waals surface area contributed by atoms with E-state index in [0.29, 0.717) is 5.56 Å². The van der Waals surface area contributed by atoms with Gasteiger partial charge in [-0.2, -0.15) is 0 Å². The molecule has 34 heavy (non-hydrogen) atoms. The molecule has 13 nitrogen and oxygen atoms in total. The first kappa shape index (κ1) is 26.7. The topological polar surface area (TPSA) is 208 Å². The molecule has 0 bridgehead atoms. The quantitative estimate of drug-likeness (QED) is 0.178. The van der Waals surface area contributed by atoms with Crippen LogP contribution in [0.3, 0.4) is 0 Å². The average Bonchev–Trinajstić information content (AvgIpc) is 2.82. The van der Waals surface area contributed by atoms with E-state index in [1.165, 1.54) is 6.92 Å². The van der Waals surface area contributed by atoms with Crippen molar-refractivity contribution in [1.29, 1.82) is 0 Å². The van der Waals surface area contributed by atoms with E-state index >= 15 is 0 Å². The van der Waals surface area contributed by atoms with Crippen molar-refractivity contribution >= 4 is 5.91 Å². The number of nitrogens with one attached hydrogen (secondary N) is 1. The molecular formula is C21H31NO12. The number of ether oxygens (including phenoxy) is 4. The first-order chi connectivity index (χ1) is 16.2. The molecule has 2 aliphatic heterocycles. The highest BCUT2D eigenvalue weighted by Crippen LogP contribution is 2.26. The van der Waals surface area contributed by atoms with Crippen LogP contribution in [0.2, 0.25) is 0 Å². The van der Waals surface area contributed by atoms with E-state index in [9.17, 15) is 40.5 Å². The number of hydrogen-bond acceptors (Lipinski definition) is 12. The fraction of sp³-hybridized carbons (Fsp3) is 0.667. The fourth-order valence-corrected chi connectivity index (χ4v) is 3.75. The van der Waals surface area contributed by atoms with Crippen molar-refractivity contribution in [2.24, 2.45) is 0 Å². The first-order valence-electron chi connectivity index (χ1n) is 10.7. The van der Waals surface area contributed by atoms with Crippen LogP contribution in [0.15, 0.2) is 24.3 Å². The van der Waals surface area contributed by atoms with Gasteiger partial charge in [-0.25, -0.2) is 0 Å². The summed E-state index contributed by atoms with van der Waals surface area (Å²) in [7, 11) is 0. The van der Waals surface area contributed by atoms with Crippen LogP contribution in [-0.2, 0) is 25.6 Å². The normalized spacial score (nSPS) is 38.4. The van der Waals surface area contributed by atoms with E-state index in [0.717, 1.165) is 0 Å². The van der Waals surface area contributed by atoms with E-state index < -0.39 is 80.5 Å². The van der Waals surface area contributed by atoms with Crippen LogP contribution in [0.25, 0.3) is 0 Å². The molecule has 2 fully saturated rings. The van der Waals surface area contributed by atoms with E-state index in [1.807, 2.05) is 0 Å². The van der Waals surface area contributed by atoms with Gasteiger partial charge in [-0.15, -0.1) is 0 Å². The molecule has 0 spiro atoms. The Labute approximate surface area is 195 Å². The Kier molecular flexibility index (Phi) is 9.17. The lowest BCUT2D eigenvalue weighted by Gasteiger charge is -2.42. The van der Waals surface area contributed by atoms with Gasteiger partial charge in [-0.3, -0.25) is 4.79 Å². The number of amides is 1. The average molecular weight is 489 g/mol. The van der Waals surface area contributed by atoms with Gasteiger partial charge in [0.15, 0.2) is 6.29 Å². The lowest BCUT2D eigenvalue weighted by atomic mass is 9.97. The number of carbonyl (C=O) groups is 1. The van der Waals surface area contributed by atoms with Gasteiger partial charge in [0.05, 0.1) is 19.8 Å². The number of aliphatic hydroxyl groups excluding tert-OH is 7. The van der Waals surface area contributed by atoms with Crippen LogP contribution >= 0.6 is 0 Å². The molecule has 0 aromatic heterocycles. The van der Waals surface area contributed by atoms with Gasteiger partial charge in [0.2, 0.25) is 12.2 Å². The van der Waals surface area contributed by atoms with Crippen molar-refractivity contribution in [3.63, 3.8) is 0 Å². The van der Waals surface area contributed by atoms with E-state index in [4.69, 9.17) is 18.9 Å². The van der Waals surface area contributed by atoms with Crippen molar-refractivity contribution in [3.8, 4) is 5.75 Å². The molecule has 2 heterocycles. The Balaban J connectivity index is 1.61. The minimum absolute atomic E-state index is 0.0467. The molecule has 192 valence electrons. The Morgan fingerprint density at radius 2 is 1.41 bits per heavy atom. The second-order valence-corrected chi connectivity index (χ2v) is 8.20. The molecule has 8 N–H and O–H groups in total. The summed E-state index contributed by atoms with van der Waals surface area (Å²) in [5.41, 5.74) is 0.621. The monoisotopic (exact) mass is 489 g/mol. The molecule has 1 amide bonds. The van der Waals surface area contributed by atoms with Gasteiger partial charge >= 0.3 is 0 Å². The first-order valence-corrected chi connectivity index (χ1v) is 10.7. The third-order valence-corrected chi connectivity index (χ3v) is 5.69. The predicted molar refractivity (Wildman–Crippen MR) is 111 cm³/mol. The highest BCUT2D eigenvalue weighted by molar-refractivity contribution is 5.73. The molecular weight excluding hydrogens is 458 g/mol. The van der Waals surface area contributed by atoms with Gasteiger partial charge in [0.1, 0.15) is 54.5 Å². The Morgan fingerprint density at radius 3 is 1.97 bits per heavy atom. The molecule has 0 radical (unpaired) electrons. The summed E-state index contributed by atoms with van der Waals surface area (Å²) in [4.78, 5) is 11.5. The van der Waals surface area contributed by atoms with E-state index in [-0.39, 0.29) is 12.4 Å². The highest BCUT2D eigenvalue weighted by Gasteiger charge is 2.46. The molecule has 0 aliphatic carbocycles. The number of rotatable bonds is 8. The van der Waals surface area contributed by atoms with Crippen molar-refractivity contribution < 1.29 is 59.5 Å². The van der Waals surface area contributed by atoms with Crippen LogP contribution in [0.5, 0.6) is 5.75 Å². The molecule has 10 atom stereocenters. The van der Waals surface area contributed by atoms with Crippen molar-refractivity contribution in [1.82, 2.24) is 5.32 Å². The van der Waals surface area contributed by atoms with Gasteiger partial charge in [-0.05, 0) is 17.7 Å². The van der Waals surface area contributed by atoms with Gasteiger partial charge < -0.3 is 60.0 Å². The molecule has 1 aromatic carbocycles. The smallest absolute Gasteiger partial charge is 0.223 e. The summed E-state index contributed by atoms with van der Waals surface area (Å²) < 4.78 is 22.0. The maximum absolute atomic E-state index is 11.5. The van der Waals surface area contributed by atoms with Crippen molar-refractivity contribution in [2.45, 2.75) is 74.9 Å². The minimum atomic E-state index is -1.55. The second-order valence-electron chi connectivity index (χ2n) is 8.20. The fourth-order valence-electron chi connectivity index (χ4n) is 3.75. The van der Waals surface area contributed by atoms with E-state index in [1.54, 1.807) is 24.3 Å². The van der Waals surface area contributed by atoms with Crippen molar-refractivity contribution in [2.75, 3.05) is 13.2 Å². The third-order valence-electron chi connectivity index (χ3n) is 5.69. The maximum Gasteiger partial charge on any atom is 0.223 e. The number of benzene rings is 1. The number of carbonyl (C=O) groups excluding carboxylic acids is 1. The Bertz CT molecular complexity index is 792. The molecule has 2 saturated heterocycles. The summed E-state index contributed by atoms with van der Waals surface area (Å²) >= 11 is 0. The van der Waals surface area contributed by atoms with Gasteiger partial charge in [0.25, 0.3) is 0 Å². The largest absolute Gasteiger partial charge is 0.463 e. The van der Waals surface area contributed by atoms with Crippen LogP contribution in [-0.4, -0.2) is 116 Å². The Morgan fingerprint density at radius 1 is 0.853 bits per heavy atom. The maximum atomic E-state index is 11.5. The van der Waals surface area contributed by atoms with Crippen LogP contribution in [0, 0.1) is 0 Å². The standard InChI is InChI=1S/C21H31NO12/c1-9(25)22-14-17(28)15(26)12(6-23)33-20(14)32-11-4-2-10(3-5-11)8-31-21-19(30)18(29)16(27)13(7-24)34-21/h2-5,12-21,23-24,26-30H,6-8H2,1H3,(H,22,25)/t12?,13?,14-,15+,16+,17?,18-,19?,20+,21?/m0/s1. The molecule has 13 heteroatoms. The van der Waals surface area contributed by atoms with Crippen molar-refractivity contribution in [3.05, 3.63) is 29.8 Å². The lowest BCUT2D eigenvalue weighted by Crippen LogP contribution is -2.65. The molecule has 2 aliphatic rings. The third kappa shape index (κ3) is 6.01. The van der Waals surface area contributed by atoms with Crippen LogP contribution < -0.4 is 10.1 Å². The summed E-state index contributed by atoms with van der Waals surface area (Å²) in [6, 6.07) is 5.23. The predicted octanol–water partition coefficient (Wildman–Crippen LogP) is -3.67. The zero-order valence-corrected chi connectivity index (χ0v) is 18.4. The molecule has 0 saturated carbocycles. The summed E-state index contributed by atoms with van der Waals surface area (Å²) in [6.45, 7) is 0.0506.